The number of piperazine rings is 1. The Morgan fingerprint density at radius 1 is 1.07 bits per heavy atom. The monoisotopic (exact) mass is 385 g/mol. The number of fused-ring (bicyclic) bond motifs is 1. The van der Waals surface area contributed by atoms with E-state index in [2.05, 4.69) is 16.0 Å². The summed E-state index contributed by atoms with van der Waals surface area (Å²) < 4.78 is 0. The van der Waals surface area contributed by atoms with Gasteiger partial charge in [0.1, 0.15) is 5.66 Å². The number of nitrogens with one attached hydrogen (secondary N) is 3. The summed E-state index contributed by atoms with van der Waals surface area (Å²) in [5.74, 6) is -0.703. The summed E-state index contributed by atoms with van der Waals surface area (Å²) in [6.45, 7) is 1.20. The zero-order valence-electron chi connectivity index (χ0n) is 15.5. The molecular weight excluding hydrogens is 362 g/mol. The predicted octanol–water partition coefficient (Wildman–Crippen LogP) is -0.491. The summed E-state index contributed by atoms with van der Waals surface area (Å²) in [6, 6.07) is 7.28. The molecule has 2 saturated heterocycles. The van der Waals surface area contributed by atoms with Crippen molar-refractivity contribution in [2.75, 3.05) is 38.0 Å². The summed E-state index contributed by atoms with van der Waals surface area (Å²) in [5, 5.41) is 9.08. The number of benzene rings is 1. The zero-order chi connectivity index (χ0) is 19.7. The topological polar surface area (TPSA) is 111 Å². The van der Waals surface area contributed by atoms with E-state index in [9.17, 15) is 19.2 Å². The van der Waals surface area contributed by atoms with Gasteiger partial charge in [-0.25, -0.2) is 0 Å². The van der Waals surface area contributed by atoms with Gasteiger partial charge in [0, 0.05) is 38.2 Å². The average molecular weight is 385 g/mol. The van der Waals surface area contributed by atoms with Crippen molar-refractivity contribution in [2.24, 2.45) is 0 Å². The average Bonchev–Trinajstić information content (AvgIpc) is 2.82. The lowest BCUT2D eigenvalue weighted by atomic mass is 9.95. The molecule has 1 spiro atoms. The number of hydrogen-bond donors (Lipinski definition) is 3. The molecule has 1 unspecified atom stereocenters. The Morgan fingerprint density at radius 2 is 1.89 bits per heavy atom. The third-order valence-corrected chi connectivity index (χ3v) is 5.54. The number of carbonyl (C=O) groups excluding carboxylic acids is 4. The molecule has 0 bridgehead atoms. The second-order valence-corrected chi connectivity index (χ2v) is 7.44. The maximum absolute atomic E-state index is 12.6. The van der Waals surface area contributed by atoms with Crippen molar-refractivity contribution in [3.63, 3.8) is 0 Å². The number of amides is 4. The molecular formula is C19H23N5O4. The fourth-order valence-electron chi connectivity index (χ4n) is 3.95. The lowest BCUT2D eigenvalue weighted by molar-refractivity contribution is -0.143. The molecule has 3 aliphatic rings. The normalized spacial score (nSPS) is 24.8. The first-order chi connectivity index (χ1) is 13.5. The van der Waals surface area contributed by atoms with Gasteiger partial charge in [-0.1, -0.05) is 12.1 Å². The first kappa shape index (κ1) is 18.3. The zero-order valence-corrected chi connectivity index (χ0v) is 15.5. The van der Waals surface area contributed by atoms with E-state index in [1.807, 2.05) is 18.2 Å². The quantitative estimate of drug-likeness (QED) is 0.636. The van der Waals surface area contributed by atoms with E-state index >= 15 is 0 Å². The molecule has 0 radical (unpaired) electrons. The largest absolute Gasteiger partial charge is 0.362 e. The Bertz CT molecular complexity index is 841. The highest BCUT2D eigenvalue weighted by atomic mass is 16.2. The van der Waals surface area contributed by atoms with Gasteiger partial charge in [0.25, 0.3) is 5.91 Å². The molecule has 0 aromatic heterocycles. The van der Waals surface area contributed by atoms with Crippen LogP contribution in [0.4, 0.5) is 5.69 Å². The van der Waals surface area contributed by atoms with E-state index in [-0.39, 0.29) is 43.1 Å². The molecule has 148 valence electrons. The number of nitrogens with zero attached hydrogens (tertiary/aromatic N) is 2. The molecule has 4 amide bonds. The van der Waals surface area contributed by atoms with E-state index in [0.29, 0.717) is 38.0 Å². The third kappa shape index (κ3) is 3.51. The molecule has 3 aliphatic heterocycles. The first-order valence-corrected chi connectivity index (χ1v) is 9.48. The van der Waals surface area contributed by atoms with Crippen molar-refractivity contribution in [1.82, 2.24) is 20.4 Å². The van der Waals surface area contributed by atoms with Crippen LogP contribution in [-0.2, 0) is 14.4 Å². The molecule has 28 heavy (non-hydrogen) atoms. The van der Waals surface area contributed by atoms with Gasteiger partial charge in [0.2, 0.25) is 17.7 Å². The number of anilines is 1. The molecule has 4 rings (SSSR count). The third-order valence-electron chi connectivity index (χ3n) is 5.54. The summed E-state index contributed by atoms with van der Waals surface area (Å²) in [7, 11) is 0. The van der Waals surface area contributed by atoms with Crippen LogP contribution in [0.15, 0.2) is 24.3 Å². The Balaban J connectivity index is 1.44. The molecule has 0 saturated carbocycles. The minimum absolute atomic E-state index is 0.0270. The highest BCUT2D eigenvalue weighted by molar-refractivity contribution is 6.02. The van der Waals surface area contributed by atoms with E-state index in [1.165, 1.54) is 9.80 Å². The summed E-state index contributed by atoms with van der Waals surface area (Å²) in [4.78, 5) is 52.1. The van der Waals surface area contributed by atoms with E-state index in [0.717, 1.165) is 5.69 Å². The van der Waals surface area contributed by atoms with Crippen LogP contribution in [0.3, 0.4) is 0 Å². The lowest BCUT2D eigenvalue weighted by Crippen LogP contribution is -2.58. The Morgan fingerprint density at radius 3 is 2.71 bits per heavy atom. The number of carbonyl (C=O) groups is 4. The highest BCUT2D eigenvalue weighted by Gasteiger charge is 2.40. The van der Waals surface area contributed by atoms with E-state index in [4.69, 9.17) is 0 Å². The van der Waals surface area contributed by atoms with Crippen LogP contribution in [0.1, 0.15) is 29.6 Å². The summed E-state index contributed by atoms with van der Waals surface area (Å²) in [5.41, 5.74) is 0.630. The SMILES string of the molecule is O=C1CN(C(=O)CN2CCC3(CCC2=O)NC(=O)c2ccccc2N3)CCN1. The van der Waals surface area contributed by atoms with Gasteiger partial charge < -0.3 is 25.8 Å². The number of hydrogen-bond acceptors (Lipinski definition) is 5. The van der Waals surface area contributed by atoms with Gasteiger partial charge in [-0.15, -0.1) is 0 Å². The van der Waals surface area contributed by atoms with Crippen LogP contribution in [0.5, 0.6) is 0 Å². The van der Waals surface area contributed by atoms with Crippen molar-refractivity contribution in [3.8, 4) is 0 Å². The molecule has 0 aliphatic carbocycles. The second kappa shape index (κ2) is 7.14. The van der Waals surface area contributed by atoms with Crippen molar-refractivity contribution in [1.29, 1.82) is 0 Å². The number of para-hydroxylation sites is 1. The maximum Gasteiger partial charge on any atom is 0.255 e. The van der Waals surface area contributed by atoms with Gasteiger partial charge in [0.05, 0.1) is 18.7 Å². The van der Waals surface area contributed by atoms with Crippen molar-refractivity contribution < 1.29 is 19.2 Å². The molecule has 3 heterocycles. The molecule has 1 atom stereocenters. The molecule has 9 heteroatoms. The lowest BCUT2D eigenvalue weighted by Gasteiger charge is -2.40. The standard InChI is InChI=1S/C19H23N5O4/c25-15-11-24(10-8-20-15)17(27)12-23-9-7-19(6-5-16(23)26)21-14-4-2-1-3-13(14)18(28)22-19/h1-4,21H,5-12H2,(H,20,25)(H,22,28). The minimum atomic E-state index is -0.704. The van der Waals surface area contributed by atoms with Crippen LogP contribution in [0, 0.1) is 0 Å². The van der Waals surface area contributed by atoms with Gasteiger partial charge in [-0.05, 0) is 18.6 Å². The minimum Gasteiger partial charge on any atom is -0.362 e. The van der Waals surface area contributed by atoms with Gasteiger partial charge in [-0.3, -0.25) is 19.2 Å². The van der Waals surface area contributed by atoms with Gasteiger partial charge in [-0.2, -0.15) is 0 Å². The first-order valence-electron chi connectivity index (χ1n) is 9.48. The van der Waals surface area contributed by atoms with Gasteiger partial charge in [0.15, 0.2) is 0 Å². The summed E-state index contributed by atoms with van der Waals surface area (Å²) >= 11 is 0. The Labute approximate surface area is 162 Å². The van der Waals surface area contributed by atoms with Crippen molar-refractivity contribution in [2.45, 2.75) is 24.9 Å². The fraction of sp³-hybridized carbons (Fsp3) is 0.474. The molecule has 2 fully saturated rings. The highest BCUT2D eigenvalue weighted by Crippen LogP contribution is 2.31. The Hall–Kier alpha value is -3.10. The predicted molar refractivity (Wildman–Crippen MR) is 100 cm³/mol. The Kier molecular flexibility index (Phi) is 4.66. The second-order valence-electron chi connectivity index (χ2n) is 7.44. The van der Waals surface area contributed by atoms with Crippen LogP contribution in [0.25, 0.3) is 0 Å². The van der Waals surface area contributed by atoms with Crippen molar-refractivity contribution >= 4 is 29.3 Å². The van der Waals surface area contributed by atoms with E-state index < -0.39 is 5.66 Å². The number of rotatable bonds is 2. The maximum atomic E-state index is 12.6. The molecule has 9 nitrogen and oxygen atoms in total. The van der Waals surface area contributed by atoms with Crippen LogP contribution >= 0.6 is 0 Å². The van der Waals surface area contributed by atoms with Crippen molar-refractivity contribution in [3.05, 3.63) is 29.8 Å². The van der Waals surface area contributed by atoms with Gasteiger partial charge >= 0.3 is 0 Å². The van der Waals surface area contributed by atoms with Crippen LogP contribution in [-0.4, -0.2) is 71.8 Å². The molecule has 1 aromatic carbocycles. The van der Waals surface area contributed by atoms with Crippen LogP contribution < -0.4 is 16.0 Å². The summed E-state index contributed by atoms with van der Waals surface area (Å²) in [6.07, 6.45) is 1.17. The van der Waals surface area contributed by atoms with Crippen LogP contribution in [0.2, 0.25) is 0 Å². The van der Waals surface area contributed by atoms with E-state index in [1.54, 1.807) is 6.07 Å². The molecule has 3 N–H and O–H groups in total. The number of likely N-dealkylation sites (tertiary alicyclic amines) is 1. The molecule has 1 aromatic rings. The fourth-order valence-corrected chi connectivity index (χ4v) is 3.95. The smallest absolute Gasteiger partial charge is 0.255 e.